The van der Waals surface area contributed by atoms with Crippen molar-refractivity contribution in [1.82, 2.24) is 4.90 Å². The van der Waals surface area contributed by atoms with E-state index in [2.05, 4.69) is 5.32 Å². The Labute approximate surface area is 168 Å². The number of nitrogens with zero attached hydrogens (tertiary/aromatic N) is 1. The topological polar surface area (TPSA) is 58.6 Å². The lowest BCUT2D eigenvalue weighted by molar-refractivity contribution is 0.0724. The second-order valence-electron chi connectivity index (χ2n) is 6.35. The first-order chi connectivity index (χ1) is 13.0. The largest absolute Gasteiger partial charge is 0.496 e. The van der Waals surface area contributed by atoms with Crippen LogP contribution in [0.5, 0.6) is 5.75 Å². The predicted octanol–water partition coefficient (Wildman–Crippen LogP) is 4.88. The molecular formula is C20H20Cl2N2O3. The molecule has 2 aromatic carbocycles. The zero-order chi connectivity index (χ0) is 19.4. The summed E-state index contributed by atoms with van der Waals surface area (Å²) >= 11 is 12.2. The molecule has 7 heteroatoms. The van der Waals surface area contributed by atoms with E-state index in [-0.39, 0.29) is 11.8 Å². The minimum atomic E-state index is -0.352. The van der Waals surface area contributed by atoms with Gasteiger partial charge >= 0.3 is 0 Å². The summed E-state index contributed by atoms with van der Waals surface area (Å²) in [6.07, 6.45) is 3.18. The van der Waals surface area contributed by atoms with Crippen molar-refractivity contribution in [2.24, 2.45) is 0 Å². The van der Waals surface area contributed by atoms with Gasteiger partial charge in [0.05, 0.1) is 23.3 Å². The van der Waals surface area contributed by atoms with Gasteiger partial charge in [-0.2, -0.15) is 0 Å². The number of hydrogen-bond acceptors (Lipinski definition) is 3. The smallest absolute Gasteiger partial charge is 0.259 e. The average Bonchev–Trinajstić information content (AvgIpc) is 2.68. The molecule has 1 fully saturated rings. The first kappa shape index (κ1) is 19.5. The van der Waals surface area contributed by atoms with Gasteiger partial charge in [0.2, 0.25) is 0 Å². The molecule has 0 atom stereocenters. The number of nitrogens with one attached hydrogen (secondary N) is 1. The van der Waals surface area contributed by atoms with E-state index in [1.54, 1.807) is 36.4 Å². The molecule has 2 aromatic rings. The van der Waals surface area contributed by atoms with Gasteiger partial charge in [0.25, 0.3) is 11.8 Å². The number of carbonyl (C=O) groups excluding carboxylic acids is 2. The summed E-state index contributed by atoms with van der Waals surface area (Å²) in [6.45, 7) is 1.51. The molecule has 0 aliphatic carbocycles. The third-order valence-corrected chi connectivity index (χ3v) is 5.06. The average molecular weight is 407 g/mol. The Balaban J connectivity index is 1.76. The number of rotatable bonds is 4. The van der Waals surface area contributed by atoms with E-state index < -0.39 is 0 Å². The number of methoxy groups -OCH3 is 1. The van der Waals surface area contributed by atoms with Crippen molar-refractivity contribution in [2.75, 3.05) is 25.5 Å². The molecule has 1 N–H and O–H groups in total. The van der Waals surface area contributed by atoms with E-state index in [1.165, 1.54) is 7.11 Å². The van der Waals surface area contributed by atoms with Gasteiger partial charge in [0.1, 0.15) is 5.75 Å². The molecule has 1 heterocycles. The molecule has 0 aromatic heterocycles. The van der Waals surface area contributed by atoms with E-state index in [1.807, 2.05) is 4.90 Å². The van der Waals surface area contributed by atoms with Crippen LogP contribution >= 0.6 is 23.2 Å². The van der Waals surface area contributed by atoms with Gasteiger partial charge in [0, 0.05) is 23.8 Å². The number of amides is 2. The van der Waals surface area contributed by atoms with E-state index in [0.717, 1.165) is 32.4 Å². The maximum Gasteiger partial charge on any atom is 0.259 e. The van der Waals surface area contributed by atoms with Crippen molar-refractivity contribution >= 4 is 40.7 Å². The maximum atomic E-state index is 12.6. The molecule has 142 valence electrons. The van der Waals surface area contributed by atoms with Gasteiger partial charge in [-0.1, -0.05) is 23.2 Å². The Morgan fingerprint density at radius 2 is 1.70 bits per heavy atom. The first-order valence-electron chi connectivity index (χ1n) is 8.73. The van der Waals surface area contributed by atoms with Crippen LogP contribution in [0, 0.1) is 0 Å². The molecular weight excluding hydrogens is 387 g/mol. The van der Waals surface area contributed by atoms with Gasteiger partial charge in [-0.3, -0.25) is 9.59 Å². The van der Waals surface area contributed by atoms with Crippen LogP contribution < -0.4 is 10.1 Å². The van der Waals surface area contributed by atoms with Crippen LogP contribution in [0.15, 0.2) is 36.4 Å². The number of benzene rings is 2. The molecule has 0 radical (unpaired) electrons. The minimum absolute atomic E-state index is 0.0723. The van der Waals surface area contributed by atoms with Gasteiger partial charge < -0.3 is 15.0 Å². The lowest BCUT2D eigenvalue weighted by Gasteiger charge is -2.27. The van der Waals surface area contributed by atoms with Crippen LogP contribution in [0.3, 0.4) is 0 Å². The third kappa shape index (κ3) is 4.54. The van der Waals surface area contributed by atoms with Crippen LogP contribution in [0.4, 0.5) is 5.69 Å². The summed E-state index contributed by atoms with van der Waals surface area (Å²) in [7, 11) is 1.47. The zero-order valence-electron chi connectivity index (χ0n) is 14.9. The van der Waals surface area contributed by atoms with Crippen LogP contribution in [0.2, 0.25) is 10.0 Å². The fourth-order valence-electron chi connectivity index (χ4n) is 3.08. The van der Waals surface area contributed by atoms with Crippen molar-refractivity contribution in [2.45, 2.75) is 19.3 Å². The Morgan fingerprint density at radius 1 is 1.00 bits per heavy atom. The van der Waals surface area contributed by atoms with Crippen molar-refractivity contribution in [1.29, 1.82) is 0 Å². The number of halogens is 2. The lowest BCUT2D eigenvalue weighted by Crippen LogP contribution is -2.35. The van der Waals surface area contributed by atoms with E-state index >= 15 is 0 Å². The highest BCUT2D eigenvalue weighted by atomic mass is 35.5. The van der Waals surface area contributed by atoms with Crippen LogP contribution in [0.25, 0.3) is 0 Å². The summed E-state index contributed by atoms with van der Waals surface area (Å²) < 4.78 is 5.20. The number of anilines is 1. The molecule has 1 saturated heterocycles. The molecule has 0 spiro atoms. The normalized spacial score (nSPS) is 14.0. The van der Waals surface area contributed by atoms with Crippen molar-refractivity contribution in [3.63, 3.8) is 0 Å². The number of piperidine rings is 1. The second kappa shape index (κ2) is 8.63. The number of hydrogen-bond donors (Lipinski definition) is 1. The summed E-state index contributed by atoms with van der Waals surface area (Å²) in [5.74, 6) is -0.0466. The second-order valence-corrected chi connectivity index (χ2v) is 7.19. The highest BCUT2D eigenvalue weighted by Crippen LogP contribution is 2.27. The SMILES string of the molecule is COc1cc(Cl)ccc1C(=O)Nc1ccc(C(=O)N2CCCCC2)c(Cl)c1. The van der Waals surface area contributed by atoms with Crippen molar-refractivity contribution in [3.8, 4) is 5.75 Å². The number of carbonyl (C=O) groups is 2. The van der Waals surface area contributed by atoms with Gasteiger partial charge in [-0.05, 0) is 55.7 Å². The van der Waals surface area contributed by atoms with Crippen LogP contribution in [0.1, 0.15) is 40.0 Å². The molecule has 0 bridgehead atoms. The van der Waals surface area contributed by atoms with Gasteiger partial charge in [-0.15, -0.1) is 0 Å². The molecule has 1 aliphatic heterocycles. The van der Waals surface area contributed by atoms with Crippen molar-refractivity contribution < 1.29 is 14.3 Å². The Hall–Kier alpha value is -2.24. The summed E-state index contributed by atoms with van der Waals surface area (Å²) in [4.78, 5) is 27.0. The van der Waals surface area contributed by atoms with E-state index in [9.17, 15) is 9.59 Å². The Kier molecular flexibility index (Phi) is 6.24. The minimum Gasteiger partial charge on any atom is -0.496 e. The monoisotopic (exact) mass is 406 g/mol. The Morgan fingerprint density at radius 3 is 2.37 bits per heavy atom. The van der Waals surface area contributed by atoms with Crippen LogP contribution in [-0.2, 0) is 0 Å². The molecule has 3 rings (SSSR count). The zero-order valence-corrected chi connectivity index (χ0v) is 16.4. The number of ether oxygens (including phenoxy) is 1. The van der Waals surface area contributed by atoms with Gasteiger partial charge in [0.15, 0.2) is 0 Å². The fraction of sp³-hybridized carbons (Fsp3) is 0.300. The van der Waals surface area contributed by atoms with Gasteiger partial charge in [-0.25, -0.2) is 0 Å². The van der Waals surface area contributed by atoms with Crippen LogP contribution in [-0.4, -0.2) is 36.9 Å². The molecule has 0 unspecified atom stereocenters. The standard InChI is InChI=1S/C20H20Cl2N2O3/c1-27-18-11-13(21)5-7-16(18)19(25)23-14-6-8-15(17(22)12-14)20(26)24-9-3-2-4-10-24/h5-8,11-12H,2-4,9-10H2,1H3,(H,23,25). The number of likely N-dealkylation sites (tertiary alicyclic amines) is 1. The highest BCUT2D eigenvalue weighted by molar-refractivity contribution is 6.34. The lowest BCUT2D eigenvalue weighted by atomic mass is 10.1. The Bertz CT molecular complexity index is 864. The van der Waals surface area contributed by atoms with Crippen molar-refractivity contribution in [3.05, 3.63) is 57.6 Å². The maximum absolute atomic E-state index is 12.6. The van der Waals surface area contributed by atoms with E-state index in [4.69, 9.17) is 27.9 Å². The quantitative estimate of drug-likeness (QED) is 0.786. The summed E-state index contributed by atoms with van der Waals surface area (Å²) in [5.41, 5.74) is 1.30. The molecule has 2 amide bonds. The fourth-order valence-corrected chi connectivity index (χ4v) is 3.51. The third-order valence-electron chi connectivity index (χ3n) is 4.51. The molecule has 0 saturated carbocycles. The predicted molar refractivity (Wildman–Crippen MR) is 107 cm³/mol. The molecule has 1 aliphatic rings. The first-order valence-corrected chi connectivity index (χ1v) is 9.49. The molecule has 27 heavy (non-hydrogen) atoms. The molecule has 5 nitrogen and oxygen atoms in total. The summed E-state index contributed by atoms with van der Waals surface area (Å²) in [6, 6.07) is 9.68. The summed E-state index contributed by atoms with van der Waals surface area (Å²) in [5, 5.41) is 3.56. The highest BCUT2D eigenvalue weighted by Gasteiger charge is 2.21. The van der Waals surface area contributed by atoms with E-state index in [0.29, 0.717) is 32.6 Å².